The van der Waals surface area contributed by atoms with Crippen molar-refractivity contribution in [1.29, 1.82) is 0 Å². The van der Waals surface area contributed by atoms with Crippen LogP contribution in [-0.2, 0) is 11.8 Å². The normalized spacial score (nSPS) is 11.1. The third kappa shape index (κ3) is 4.70. The fourth-order valence-corrected chi connectivity index (χ4v) is 3.48. The zero-order valence-corrected chi connectivity index (χ0v) is 18.9. The molecule has 0 aliphatic heterocycles. The van der Waals surface area contributed by atoms with Gasteiger partial charge in [-0.25, -0.2) is 14.4 Å². The molecule has 3 aromatic heterocycles. The van der Waals surface area contributed by atoms with Gasteiger partial charge in [0.15, 0.2) is 17.2 Å². The predicted molar refractivity (Wildman–Crippen MR) is 123 cm³/mol. The Hall–Kier alpha value is -3.79. The summed E-state index contributed by atoms with van der Waals surface area (Å²) < 4.78 is 32.8. The van der Waals surface area contributed by atoms with Crippen LogP contribution < -0.4 is 14.4 Å². The van der Waals surface area contributed by atoms with E-state index in [0.29, 0.717) is 48.0 Å². The number of fused-ring (bicyclic) bond motifs is 1. The molecule has 0 aliphatic carbocycles. The predicted octanol–water partition coefficient (Wildman–Crippen LogP) is 3.76. The molecule has 0 saturated carbocycles. The minimum atomic E-state index is -0.507. The number of benzene rings is 1. The highest BCUT2D eigenvalue weighted by molar-refractivity contribution is 5.77. The number of hydrogen-bond acceptors (Lipinski definition) is 8. The molecule has 10 heteroatoms. The SMILES string of the molecule is COCCCN(c1ccc2ncc(-c3cnn(C)c3)nc2n1)c1cc(OC)cc(OC)c1F. The second-order valence-corrected chi connectivity index (χ2v) is 7.33. The number of aromatic nitrogens is 5. The molecule has 0 N–H and O–H groups in total. The average Bonchev–Trinajstić information content (AvgIpc) is 3.28. The number of ether oxygens (including phenoxy) is 3. The van der Waals surface area contributed by atoms with Crippen LogP contribution in [0, 0.1) is 5.82 Å². The van der Waals surface area contributed by atoms with Crippen LogP contribution in [0.1, 0.15) is 6.42 Å². The van der Waals surface area contributed by atoms with Gasteiger partial charge in [0.2, 0.25) is 0 Å². The summed E-state index contributed by atoms with van der Waals surface area (Å²) in [5.41, 5.74) is 2.85. The lowest BCUT2D eigenvalue weighted by molar-refractivity contribution is 0.196. The smallest absolute Gasteiger partial charge is 0.188 e. The minimum Gasteiger partial charge on any atom is -0.497 e. The number of nitrogens with zero attached hydrogens (tertiary/aromatic N) is 6. The number of anilines is 2. The fourth-order valence-electron chi connectivity index (χ4n) is 3.48. The minimum absolute atomic E-state index is 0.0838. The van der Waals surface area contributed by atoms with Gasteiger partial charge >= 0.3 is 0 Å². The Kier molecular flexibility index (Phi) is 6.64. The van der Waals surface area contributed by atoms with Crippen molar-refractivity contribution in [3.63, 3.8) is 0 Å². The van der Waals surface area contributed by atoms with Gasteiger partial charge in [0.05, 0.1) is 38.0 Å². The van der Waals surface area contributed by atoms with Crippen molar-refractivity contribution in [2.45, 2.75) is 6.42 Å². The van der Waals surface area contributed by atoms with Crippen LogP contribution >= 0.6 is 0 Å². The Balaban J connectivity index is 1.81. The van der Waals surface area contributed by atoms with Crippen LogP contribution in [0.3, 0.4) is 0 Å². The van der Waals surface area contributed by atoms with E-state index in [1.165, 1.54) is 20.3 Å². The van der Waals surface area contributed by atoms with Gasteiger partial charge in [-0.05, 0) is 18.6 Å². The van der Waals surface area contributed by atoms with E-state index in [0.717, 1.165) is 5.56 Å². The maximum atomic E-state index is 15.3. The maximum absolute atomic E-state index is 15.3. The Morgan fingerprint density at radius 2 is 1.91 bits per heavy atom. The highest BCUT2D eigenvalue weighted by atomic mass is 19.1. The van der Waals surface area contributed by atoms with Crippen LogP contribution in [0.4, 0.5) is 15.9 Å². The average molecular weight is 452 g/mol. The standard InChI is InChI=1S/C23H25FN6O3/c1-29-14-15(12-26-29)18-13-25-17-6-7-21(28-23(17)27-18)30(8-5-9-31-2)19-10-16(32-3)11-20(33-4)22(19)24/h6-7,10-14H,5,8-9H2,1-4H3. The molecule has 33 heavy (non-hydrogen) atoms. The molecule has 0 unspecified atom stereocenters. The van der Waals surface area contributed by atoms with E-state index in [1.807, 2.05) is 19.3 Å². The van der Waals surface area contributed by atoms with Gasteiger partial charge in [0, 0.05) is 51.2 Å². The summed E-state index contributed by atoms with van der Waals surface area (Å²) in [4.78, 5) is 15.6. The molecule has 0 fully saturated rings. The third-order valence-corrected chi connectivity index (χ3v) is 5.14. The molecule has 0 amide bonds. The summed E-state index contributed by atoms with van der Waals surface area (Å²) in [6, 6.07) is 6.73. The molecule has 172 valence electrons. The van der Waals surface area contributed by atoms with Crippen molar-refractivity contribution in [1.82, 2.24) is 24.7 Å². The van der Waals surface area contributed by atoms with Crippen molar-refractivity contribution in [2.24, 2.45) is 7.05 Å². The third-order valence-electron chi connectivity index (χ3n) is 5.14. The van der Waals surface area contributed by atoms with Crippen molar-refractivity contribution in [2.75, 3.05) is 39.4 Å². The number of aryl methyl sites for hydroxylation is 1. The van der Waals surface area contributed by atoms with Gasteiger partial charge in [0.25, 0.3) is 0 Å². The lowest BCUT2D eigenvalue weighted by atomic mass is 10.2. The molecule has 0 atom stereocenters. The summed E-state index contributed by atoms with van der Waals surface area (Å²) in [6.07, 6.45) is 5.91. The summed E-state index contributed by atoms with van der Waals surface area (Å²) in [5, 5.41) is 4.19. The maximum Gasteiger partial charge on any atom is 0.188 e. The van der Waals surface area contributed by atoms with E-state index in [4.69, 9.17) is 19.2 Å². The molecule has 0 bridgehead atoms. The van der Waals surface area contributed by atoms with E-state index >= 15 is 4.39 Å². The molecule has 3 heterocycles. The first-order valence-electron chi connectivity index (χ1n) is 10.3. The Bertz CT molecular complexity index is 1260. The first kappa shape index (κ1) is 22.4. The highest BCUT2D eigenvalue weighted by Gasteiger charge is 2.21. The van der Waals surface area contributed by atoms with Gasteiger partial charge in [-0.1, -0.05) is 0 Å². The Morgan fingerprint density at radius 3 is 2.61 bits per heavy atom. The summed E-state index contributed by atoms with van der Waals surface area (Å²) in [6.45, 7) is 0.965. The van der Waals surface area contributed by atoms with Crippen LogP contribution in [-0.4, -0.2) is 59.2 Å². The first-order valence-corrected chi connectivity index (χ1v) is 10.3. The van der Waals surface area contributed by atoms with E-state index < -0.39 is 5.82 Å². The van der Waals surface area contributed by atoms with Crippen LogP contribution in [0.15, 0.2) is 42.9 Å². The van der Waals surface area contributed by atoms with Crippen LogP contribution in [0.5, 0.6) is 11.5 Å². The van der Waals surface area contributed by atoms with Crippen molar-refractivity contribution in [3.05, 3.63) is 48.7 Å². The zero-order chi connectivity index (χ0) is 23.4. The van der Waals surface area contributed by atoms with E-state index in [2.05, 4.69) is 15.1 Å². The molecule has 1 aromatic carbocycles. The monoisotopic (exact) mass is 452 g/mol. The first-order chi connectivity index (χ1) is 16.0. The van der Waals surface area contributed by atoms with Crippen molar-refractivity contribution < 1.29 is 18.6 Å². The molecule has 0 radical (unpaired) electrons. The van der Waals surface area contributed by atoms with E-state index in [9.17, 15) is 0 Å². The topological polar surface area (TPSA) is 87.4 Å². The van der Waals surface area contributed by atoms with Crippen molar-refractivity contribution in [3.8, 4) is 22.8 Å². The number of pyridine rings is 1. The number of halogens is 1. The lowest BCUT2D eigenvalue weighted by Crippen LogP contribution is -2.22. The van der Waals surface area contributed by atoms with E-state index in [1.54, 1.807) is 41.2 Å². The molecule has 0 spiro atoms. The zero-order valence-electron chi connectivity index (χ0n) is 18.9. The second-order valence-electron chi connectivity index (χ2n) is 7.33. The van der Waals surface area contributed by atoms with E-state index in [-0.39, 0.29) is 11.4 Å². The largest absolute Gasteiger partial charge is 0.497 e. The van der Waals surface area contributed by atoms with Gasteiger partial charge < -0.3 is 19.1 Å². The lowest BCUT2D eigenvalue weighted by Gasteiger charge is -2.25. The van der Waals surface area contributed by atoms with Crippen molar-refractivity contribution >= 4 is 22.7 Å². The molecular formula is C23H25FN6O3. The highest BCUT2D eigenvalue weighted by Crippen LogP contribution is 2.36. The van der Waals surface area contributed by atoms with Gasteiger partial charge in [-0.2, -0.15) is 5.10 Å². The van der Waals surface area contributed by atoms with Gasteiger partial charge in [-0.15, -0.1) is 0 Å². The summed E-state index contributed by atoms with van der Waals surface area (Å²) in [5.74, 6) is 0.568. The molecule has 9 nitrogen and oxygen atoms in total. The quantitative estimate of drug-likeness (QED) is 0.355. The molecule has 0 aliphatic rings. The number of rotatable bonds is 9. The molecule has 4 aromatic rings. The summed E-state index contributed by atoms with van der Waals surface area (Å²) >= 11 is 0. The second kappa shape index (κ2) is 9.78. The molecule has 4 rings (SSSR count). The Labute approximate surface area is 190 Å². The molecule has 0 saturated heterocycles. The Morgan fingerprint density at radius 1 is 1.06 bits per heavy atom. The van der Waals surface area contributed by atoms with Gasteiger partial charge in [0.1, 0.15) is 17.1 Å². The number of hydrogen-bond donors (Lipinski definition) is 0. The fraction of sp³-hybridized carbons (Fsp3) is 0.304. The molecular weight excluding hydrogens is 427 g/mol. The van der Waals surface area contributed by atoms with Gasteiger partial charge in [-0.3, -0.25) is 9.67 Å². The summed E-state index contributed by atoms with van der Waals surface area (Å²) in [7, 11) is 6.41. The van der Waals surface area contributed by atoms with Crippen LogP contribution in [0.25, 0.3) is 22.4 Å². The number of methoxy groups -OCH3 is 3. The van der Waals surface area contributed by atoms with Crippen LogP contribution in [0.2, 0.25) is 0 Å².